The number of carbonyl (C=O) groups excluding carboxylic acids is 2. The van der Waals surface area contributed by atoms with Gasteiger partial charge in [0.25, 0.3) is 0 Å². The van der Waals surface area contributed by atoms with E-state index in [1.54, 1.807) is 7.05 Å². The van der Waals surface area contributed by atoms with Crippen molar-refractivity contribution in [2.24, 2.45) is 5.92 Å². The summed E-state index contributed by atoms with van der Waals surface area (Å²) in [7, 11) is 1.69. The minimum absolute atomic E-state index is 0.0810. The molecule has 1 N–H and O–H groups in total. The van der Waals surface area contributed by atoms with Crippen LogP contribution in [0.2, 0.25) is 0 Å². The Hall–Kier alpha value is -1.84. The molecule has 0 unspecified atom stereocenters. The van der Waals surface area contributed by atoms with E-state index in [1.807, 2.05) is 32.9 Å². The molecule has 1 aromatic rings. The van der Waals surface area contributed by atoms with Gasteiger partial charge in [-0.1, -0.05) is 17.7 Å². The first kappa shape index (κ1) is 14.6. The highest BCUT2D eigenvalue weighted by atomic mass is 16.2. The van der Waals surface area contributed by atoms with Crippen LogP contribution < -0.4 is 5.32 Å². The highest BCUT2D eigenvalue weighted by Gasteiger charge is 2.32. The zero-order valence-electron chi connectivity index (χ0n) is 12.6. The van der Waals surface area contributed by atoms with Crippen molar-refractivity contribution in [2.75, 3.05) is 18.9 Å². The van der Waals surface area contributed by atoms with Crippen LogP contribution in [0.5, 0.6) is 0 Å². The molecule has 1 fully saturated rings. The van der Waals surface area contributed by atoms with Crippen LogP contribution in [0.3, 0.4) is 0 Å². The monoisotopic (exact) mass is 274 g/mol. The maximum absolute atomic E-state index is 12.1. The summed E-state index contributed by atoms with van der Waals surface area (Å²) in [5.74, 6) is 0.0877. The molecule has 108 valence electrons. The number of carbonyl (C=O) groups is 2. The average molecular weight is 274 g/mol. The molecule has 1 saturated carbocycles. The van der Waals surface area contributed by atoms with Crippen LogP contribution in [0.25, 0.3) is 0 Å². The second kappa shape index (κ2) is 5.65. The first-order chi connectivity index (χ1) is 9.38. The summed E-state index contributed by atoms with van der Waals surface area (Å²) in [6, 6.07) is 4.09. The van der Waals surface area contributed by atoms with Crippen LogP contribution in [-0.2, 0) is 9.59 Å². The zero-order chi connectivity index (χ0) is 14.9. The Morgan fingerprint density at radius 2 is 1.75 bits per heavy atom. The van der Waals surface area contributed by atoms with Crippen molar-refractivity contribution in [2.45, 2.75) is 33.6 Å². The van der Waals surface area contributed by atoms with E-state index >= 15 is 0 Å². The van der Waals surface area contributed by atoms with Crippen molar-refractivity contribution in [3.05, 3.63) is 28.8 Å². The first-order valence-corrected chi connectivity index (χ1v) is 7.01. The van der Waals surface area contributed by atoms with Crippen LogP contribution in [0, 0.1) is 26.7 Å². The van der Waals surface area contributed by atoms with E-state index in [0.717, 1.165) is 29.7 Å². The van der Waals surface area contributed by atoms with Gasteiger partial charge in [-0.2, -0.15) is 0 Å². The summed E-state index contributed by atoms with van der Waals surface area (Å²) in [5, 5.41) is 2.92. The maximum Gasteiger partial charge on any atom is 0.243 e. The van der Waals surface area contributed by atoms with Crippen LogP contribution in [0.4, 0.5) is 5.69 Å². The number of anilines is 1. The third-order valence-electron chi connectivity index (χ3n) is 3.63. The Bertz CT molecular complexity index is 524. The maximum atomic E-state index is 12.1. The predicted octanol–water partition coefficient (Wildman–Crippen LogP) is 2.42. The third-order valence-corrected chi connectivity index (χ3v) is 3.63. The van der Waals surface area contributed by atoms with Gasteiger partial charge < -0.3 is 10.2 Å². The lowest BCUT2D eigenvalue weighted by Crippen LogP contribution is -2.36. The largest absolute Gasteiger partial charge is 0.336 e. The number of nitrogens with one attached hydrogen (secondary N) is 1. The van der Waals surface area contributed by atoms with Crippen molar-refractivity contribution >= 4 is 17.5 Å². The summed E-state index contributed by atoms with van der Waals surface area (Å²) in [4.78, 5) is 25.4. The van der Waals surface area contributed by atoms with Gasteiger partial charge in [0.15, 0.2) is 0 Å². The van der Waals surface area contributed by atoms with Crippen molar-refractivity contribution in [3.8, 4) is 0 Å². The molecule has 2 amide bonds. The van der Waals surface area contributed by atoms with Gasteiger partial charge in [-0.25, -0.2) is 0 Å². The van der Waals surface area contributed by atoms with Crippen LogP contribution >= 0.6 is 0 Å². The van der Waals surface area contributed by atoms with E-state index < -0.39 is 0 Å². The number of aryl methyl sites for hydroxylation is 3. The van der Waals surface area contributed by atoms with Crippen molar-refractivity contribution < 1.29 is 9.59 Å². The highest BCUT2D eigenvalue weighted by molar-refractivity contribution is 5.96. The van der Waals surface area contributed by atoms with E-state index in [9.17, 15) is 9.59 Å². The molecule has 1 aliphatic carbocycles. The van der Waals surface area contributed by atoms with Crippen LogP contribution in [-0.4, -0.2) is 30.3 Å². The van der Waals surface area contributed by atoms with Crippen LogP contribution in [0.15, 0.2) is 12.1 Å². The fourth-order valence-corrected chi connectivity index (χ4v) is 2.49. The van der Waals surface area contributed by atoms with E-state index in [-0.39, 0.29) is 24.3 Å². The van der Waals surface area contributed by atoms with E-state index in [0.29, 0.717) is 0 Å². The van der Waals surface area contributed by atoms with E-state index in [2.05, 4.69) is 5.32 Å². The quantitative estimate of drug-likeness (QED) is 0.916. The Morgan fingerprint density at radius 1 is 1.20 bits per heavy atom. The molecule has 20 heavy (non-hydrogen) atoms. The number of hydrogen-bond acceptors (Lipinski definition) is 2. The Kier molecular flexibility index (Phi) is 4.12. The summed E-state index contributed by atoms with van der Waals surface area (Å²) >= 11 is 0. The second-order valence-corrected chi connectivity index (χ2v) is 5.79. The van der Waals surface area contributed by atoms with Gasteiger partial charge >= 0.3 is 0 Å². The van der Waals surface area contributed by atoms with Gasteiger partial charge in [0, 0.05) is 18.7 Å². The predicted molar refractivity (Wildman–Crippen MR) is 79.6 cm³/mol. The van der Waals surface area contributed by atoms with Crippen molar-refractivity contribution in [1.29, 1.82) is 0 Å². The molecule has 0 aromatic heterocycles. The van der Waals surface area contributed by atoms with Gasteiger partial charge in [-0.15, -0.1) is 0 Å². The smallest absolute Gasteiger partial charge is 0.243 e. The normalized spacial score (nSPS) is 14.0. The fraction of sp³-hybridized carbons (Fsp3) is 0.500. The molecule has 0 atom stereocenters. The van der Waals surface area contributed by atoms with Gasteiger partial charge in [0.1, 0.15) is 0 Å². The van der Waals surface area contributed by atoms with E-state index in [1.165, 1.54) is 10.5 Å². The minimum Gasteiger partial charge on any atom is -0.336 e. The molecular weight excluding hydrogens is 252 g/mol. The summed E-state index contributed by atoms with van der Waals surface area (Å²) in [6.45, 7) is 6.11. The fourth-order valence-electron chi connectivity index (χ4n) is 2.49. The Labute approximate surface area is 120 Å². The van der Waals surface area contributed by atoms with E-state index in [4.69, 9.17) is 0 Å². The summed E-state index contributed by atoms with van der Waals surface area (Å²) in [5.41, 5.74) is 4.13. The van der Waals surface area contributed by atoms with Crippen LogP contribution in [0.1, 0.15) is 29.5 Å². The zero-order valence-corrected chi connectivity index (χ0v) is 12.6. The summed E-state index contributed by atoms with van der Waals surface area (Å²) in [6.07, 6.45) is 1.92. The Morgan fingerprint density at radius 3 is 2.25 bits per heavy atom. The molecule has 0 bridgehead atoms. The lowest BCUT2D eigenvalue weighted by atomic mass is 10.1. The Balaban J connectivity index is 1.99. The number of likely N-dealkylation sites (N-methyl/N-ethyl adjacent to an activating group) is 1. The van der Waals surface area contributed by atoms with Gasteiger partial charge in [0.05, 0.1) is 6.54 Å². The summed E-state index contributed by atoms with van der Waals surface area (Å²) < 4.78 is 0. The lowest BCUT2D eigenvalue weighted by Gasteiger charge is -2.18. The number of hydrogen-bond donors (Lipinski definition) is 1. The minimum atomic E-state index is -0.142. The standard InChI is InChI=1S/C16H22N2O2/c1-10-7-11(2)15(12(3)8-10)17-14(19)9-18(4)16(20)13-5-6-13/h7-8,13H,5-6,9H2,1-4H3,(H,17,19). The third kappa shape index (κ3) is 3.38. The topological polar surface area (TPSA) is 49.4 Å². The molecule has 0 radical (unpaired) electrons. The SMILES string of the molecule is Cc1cc(C)c(NC(=O)CN(C)C(=O)C2CC2)c(C)c1. The first-order valence-electron chi connectivity index (χ1n) is 7.01. The second-order valence-electron chi connectivity index (χ2n) is 5.79. The molecule has 4 heteroatoms. The molecule has 0 saturated heterocycles. The number of benzene rings is 1. The molecule has 4 nitrogen and oxygen atoms in total. The molecule has 2 rings (SSSR count). The molecule has 1 aliphatic rings. The van der Waals surface area contributed by atoms with Gasteiger partial charge in [-0.3, -0.25) is 9.59 Å². The molecular formula is C16H22N2O2. The molecule has 0 spiro atoms. The molecule has 0 aliphatic heterocycles. The number of amides is 2. The van der Waals surface area contributed by atoms with Gasteiger partial charge in [0.2, 0.25) is 11.8 Å². The van der Waals surface area contributed by atoms with Crippen molar-refractivity contribution in [1.82, 2.24) is 4.90 Å². The number of nitrogens with zero attached hydrogens (tertiary/aromatic N) is 1. The lowest BCUT2D eigenvalue weighted by molar-refractivity contribution is -0.134. The number of rotatable bonds is 4. The molecule has 0 heterocycles. The highest BCUT2D eigenvalue weighted by Crippen LogP contribution is 2.30. The molecule has 1 aromatic carbocycles. The van der Waals surface area contributed by atoms with Crippen molar-refractivity contribution in [3.63, 3.8) is 0 Å². The van der Waals surface area contributed by atoms with Gasteiger partial charge in [-0.05, 0) is 44.7 Å². The average Bonchev–Trinajstić information content (AvgIpc) is 3.16.